The highest BCUT2D eigenvalue weighted by Crippen LogP contribution is 2.19. The molecule has 1 N–H and O–H groups in total. The van der Waals surface area contributed by atoms with Crippen molar-refractivity contribution in [1.29, 1.82) is 0 Å². The molecule has 116 valence electrons. The summed E-state index contributed by atoms with van der Waals surface area (Å²) >= 11 is 0. The Morgan fingerprint density at radius 1 is 1.30 bits per heavy atom. The summed E-state index contributed by atoms with van der Waals surface area (Å²) in [7, 11) is 2.17. The monoisotopic (exact) mass is 281 g/mol. The summed E-state index contributed by atoms with van der Waals surface area (Å²) in [4.78, 5) is 17.1. The molecule has 4 nitrogen and oxygen atoms in total. The van der Waals surface area contributed by atoms with Gasteiger partial charge in [0, 0.05) is 25.6 Å². The number of nitrogens with one attached hydrogen (secondary N) is 1. The minimum absolute atomic E-state index is 0.387. The van der Waals surface area contributed by atoms with Gasteiger partial charge in [-0.1, -0.05) is 6.92 Å². The first-order chi connectivity index (χ1) is 9.70. The van der Waals surface area contributed by atoms with Crippen LogP contribution in [0.1, 0.15) is 45.4 Å². The lowest BCUT2D eigenvalue weighted by Crippen LogP contribution is -2.43. The number of hydrogen-bond acceptors (Lipinski definition) is 3. The van der Waals surface area contributed by atoms with Crippen molar-refractivity contribution in [3.63, 3.8) is 0 Å². The first-order valence-corrected chi connectivity index (χ1v) is 8.39. The molecule has 2 fully saturated rings. The summed E-state index contributed by atoms with van der Waals surface area (Å²) in [5.74, 6) is 1.10. The third kappa shape index (κ3) is 4.45. The number of rotatable bonds is 4. The topological polar surface area (TPSA) is 35.6 Å². The predicted octanol–water partition coefficient (Wildman–Crippen LogP) is 1.71. The Kier molecular flexibility index (Phi) is 6.30. The largest absolute Gasteiger partial charge is 0.338 e. The van der Waals surface area contributed by atoms with Crippen molar-refractivity contribution in [3.8, 4) is 0 Å². The second-order valence-corrected chi connectivity index (χ2v) is 6.52. The molecule has 0 aromatic rings. The first kappa shape index (κ1) is 15.8. The van der Waals surface area contributed by atoms with Crippen LogP contribution in [0.15, 0.2) is 0 Å². The predicted molar refractivity (Wildman–Crippen MR) is 82.7 cm³/mol. The summed E-state index contributed by atoms with van der Waals surface area (Å²) in [6.45, 7) is 7.56. The molecule has 0 saturated carbocycles. The standard InChI is InChI=1S/C16H31N3O/c1-3-15-13-18(2)10-5-11-19(15)16(20)8-7-14-6-4-9-17-12-14/h14-15,17H,3-13H2,1-2H3. The van der Waals surface area contributed by atoms with E-state index >= 15 is 0 Å². The fraction of sp³-hybridized carbons (Fsp3) is 0.938. The number of hydrogen-bond donors (Lipinski definition) is 1. The van der Waals surface area contributed by atoms with E-state index in [0.29, 0.717) is 17.9 Å². The SMILES string of the molecule is CCC1CN(C)CCCN1C(=O)CCC1CCCNC1. The van der Waals surface area contributed by atoms with Crippen LogP contribution in [0.25, 0.3) is 0 Å². The molecule has 2 unspecified atom stereocenters. The molecule has 0 bridgehead atoms. The van der Waals surface area contributed by atoms with E-state index < -0.39 is 0 Å². The third-order valence-electron chi connectivity index (χ3n) is 4.86. The van der Waals surface area contributed by atoms with E-state index in [1.54, 1.807) is 0 Å². The van der Waals surface area contributed by atoms with Crippen molar-refractivity contribution in [2.24, 2.45) is 5.92 Å². The number of piperidine rings is 1. The molecular formula is C16H31N3O. The molecule has 0 radical (unpaired) electrons. The molecule has 2 aliphatic rings. The molecule has 2 saturated heterocycles. The van der Waals surface area contributed by atoms with Gasteiger partial charge >= 0.3 is 0 Å². The molecule has 20 heavy (non-hydrogen) atoms. The summed E-state index contributed by atoms with van der Waals surface area (Å²) < 4.78 is 0. The summed E-state index contributed by atoms with van der Waals surface area (Å²) in [5.41, 5.74) is 0. The molecule has 0 aromatic carbocycles. The quantitative estimate of drug-likeness (QED) is 0.852. The van der Waals surface area contributed by atoms with E-state index in [1.807, 2.05) is 0 Å². The zero-order valence-corrected chi connectivity index (χ0v) is 13.2. The maximum atomic E-state index is 12.6. The van der Waals surface area contributed by atoms with Crippen LogP contribution in [-0.4, -0.2) is 61.5 Å². The van der Waals surface area contributed by atoms with Gasteiger partial charge in [0.2, 0.25) is 5.91 Å². The van der Waals surface area contributed by atoms with Crippen LogP contribution >= 0.6 is 0 Å². The van der Waals surface area contributed by atoms with Crippen LogP contribution in [-0.2, 0) is 4.79 Å². The summed E-state index contributed by atoms with van der Waals surface area (Å²) in [5, 5.41) is 3.44. The fourth-order valence-electron chi connectivity index (χ4n) is 3.56. The second kappa shape index (κ2) is 7.99. The average Bonchev–Trinajstić information content (AvgIpc) is 2.67. The normalized spacial score (nSPS) is 29.2. The van der Waals surface area contributed by atoms with E-state index in [2.05, 4.69) is 29.1 Å². The Morgan fingerprint density at radius 3 is 2.85 bits per heavy atom. The second-order valence-electron chi connectivity index (χ2n) is 6.52. The van der Waals surface area contributed by atoms with Gasteiger partial charge in [-0.15, -0.1) is 0 Å². The highest BCUT2D eigenvalue weighted by atomic mass is 16.2. The smallest absolute Gasteiger partial charge is 0.222 e. The number of amides is 1. The van der Waals surface area contributed by atoms with Crippen molar-refractivity contribution < 1.29 is 4.79 Å². The molecule has 0 spiro atoms. The lowest BCUT2D eigenvalue weighted by atomic mass is 9.94. The van der Waals surface area contributed by atoms with Gasteiger partial charge in [-0.3, -0.25) is 4.79 Å². The van der Waals surface area contributed by atoms with Gasteiger partial charge in [0.25, 0.3) is 0 Å². The van der Waals surface area contributed by atoms with Crippen LogP contribution in [0, 0.1) is 5.92 Å². The van der Waals surface area contributed by atoms with Crippen molar-refractivity contribution in [1.82, 2.24) is 15.1 Å². The van der Waals surface area contributed by atoms with Crippen molar-refractivity contribution >= 4 is 5.91 Å². The van der Waals surface area contributed by atoms with Gasteiger partial charge in [0.1, 0.15) is 0 Å². The van der Waals surface area contributed by atoms with Crippen molar-refractivity contribution in [2.45, 2.75) is 51.5 Å². The highest BCUT2D eigenvalue weighted by Gasteiger charge is 2.26. The molecule has 1 amide bonds. The molecular weight excluding hydrogens is 250 g/mol. The van der Waals surface area contributed by atoms with E-state index in [0.717, 1.165) is 58.4 Å². The Labute approximate surface area is 123 Å². The van der Waals surface area contributed by atoms with Gasteiger partial charge < -0.3 is 15.1 Å². The van der Waals surface area contributed by atoms with E-state index in [4.69, 9.17) is 0 Å². The van der Waals surface area contributed by atoms with Gasteiger partial charge in [-0.05, 0) is 64.7 Å². The van der Waals surface area contributed by atoms with E-state index in [1.165, 1.54) is 12.8 Å². The van der Waals surface area contributed by atoms with Gasteiger partial charge in [0.15, 0.2) is 0 Å². The molecule has 0 aromatic heterocycles. The zero-order valence-electron chi connectivity index (χ0n) is 13.2. The van der Waals surface area contributed by atoms with Crippen LogP contribution in [0.4, 0.5) is 0 Å². The van der Waals surface area contributed by atoms with E-state index in [-0.39, 0.29) is 0 Å². The van der Waals surface area contributed by atoms with Crippen molar-refractivity contribution in [2.75, 3.05) is 39.8 Å². The Bertz CT molecular complexity index is 302. The number of carbonyl (C=O) groups excluding carboxylic acids is 1. The maximum absolute atomic E-state index is 12.6. The van der Waals surface area contributed by atoms with Crippen LogP contribution in [0.3, 0.4) is 0 Å². The van der Waals surface area contributed by atoms with Crippen molar-refractivity contribution in [3.05, 3.63) is 0 Å². The zero-order chi connectivity index (χ0) is 14.4. The minimum atomic E-state index is 0.387. The number of nitrogens with zero attached hydrogens (tertiary/aromatic N) is 2. The van der Waals surface area contributed by atoms with Gasteiger partial charge in [0.05, 0.1) is 0 Å². The van der Waals surface area contributed by atoms with Crippen LogP contribution < -0.4 is 5.32 Å². The Hall–Kier alpha value is -0.610. The van der Waals surface area contributed by atoms with Crippen LogP contribution in [0.5, 0.6) is 0 Å². The summed E-state index contributed by atoms with van der Waals surface area (Å²) in [6.07, 6.45) is 6.55. The minimum Gasteiger partial charge on any atom is -0.338 e. The molecule has 2 atom stereocenters. The summed E-state index contributed by atoms with van der Waals surface area (Å²) in [6, 6.07) is 0.416. The fourth-order valence-corrected chi connectivity index (χ4v) is 3.56. The highest BCUT2D eigenvalue weighted by molar-refractivity contribution is 5.76. The van der Waals surface area contributed by atoms with Crippen LogP contribution in [0.2, 0.25) is 0 Å². The Balaban J connectivity index is 1.82. The number of carbonyl (C=O) groups is 1. The lowest BCUT2D eigenvalue weighted by Gasteiger charge is -2.31. The van der Waals surface area contributed by atoms with Gasteiger partial charge in [-0.25, -0.2) is 0 Å². The maximum Gasteiger partial charge on any atom is 0.222 e. The molecule has 2 aliphatic heterocycles. The lowest BCUT2D eigenvalue weighted by molar-refractivity contribution is -0.133. The molecule has 2 rings (SSSR count). The Morgan fingerprint density at radius 2 is 2.15 bits per heavy atom. The molecule has 2 heterocycles. The molecule has 0 aliphatic carbocycles. The third-order valence-corrected chi connectivity index (χ3v) is 4.86. The van der Waals surface area contributed by atoms with E-state index in [9.17, 15) is 4.79 Å². The molecule has 4 heteroatoms. The number of likely N-dealkylation sites (N-methyl/N-ethyl adjacent to an activating group) is 1. The average molecular weight is 281 g/mol. The van der Waals surface area contributed by atoms with Gasteiger partial charge in [-0.2, -0.15) is 0 Å². The first-order valence-electron chi connectivity index (χ1n) is 8.39.